The SMILES string of the molecule is Fc1ccc(-c2n[c]ncc2-c2ncc[nH]2)c(F)c1. The van der Waals surface area contributed by atoms with Crippen LogP contribution in [-0.2, 0) is 0 Å². The number of hydrogen-bond acceptors (Lipinski definition) is 3. The van der Waals surface area contributed by atoms with Gasteiger partial charge in [-0.15, -0.1) is 0 Å². The molecule has 0 aliphatic rings. The first-order chi connectivity index (χ1) is 9.25. The minimum absolute atomic E-state index is 0.173. The van der Waals surface area contributed by atoms with E-state index < -0.39 is 11.6 Å². The Morgan fingerprint density at radius 1 is 1.16 bits per heavy atom. The van der Waals surface area contributed by atoms with E-state index in [2.05, 4.69) is 26.3 Å². The van der Waals surface area contributed by atoms with Crippen molar-refractivity contribution in [3.63, 3.8) is 0 Å². The number of hydrogen-bond donors (Lipinski definition) is 1. The number of H-pyrrole nitrogens is 1. The summed E-state index contributed by atoms with van der Waals surface area (Å²) in [7, 11) is 0. The molecule has 0 unspecified atom stereocenters. The summed E-state index contributed by atoms with van der Waals surface area (Å²) in [6.07, 6.45) is 7.08. The summed E-state index contributed by atoms with van der Waals surface area (Å²) in [5, 5.41) is 0. The molecule has 0 saturated carbocycles. The predicted octanol–water partition coefficient (Wildman–Crippen LogP) is 2.61. The normalized spacial score (nSPS) is 10.6. The van der Waals surface area contributed by atoms with Gasteiger partial charge in [0.2, 0.25) is 0 Å². The molecule has 19 heavy (non-hydrogen) atoms. The van der Waals surface area contributed by atoms with Gasteiger partial charge in [0.25, 0.3) is 0 Å². The fourth-order valence-electron chi connectivity index (χ4n) is 1.77. The zero-order valence-electron chi connectivity index (χ0n) is 9.56. The van der Waals surface area contributed by atoms with Gasteiger partial charge in [-0.3, -0.25) is 0 Å². The van der Waals surface area contributed by atoms with Gasteiger partial charge in [0.05, 0.1) is 11.3 Å². The number of nitrogens with zero attached hydrogens (tertiary/aromatic N) is 3. The van der Waals surface area contributed by atoms with Crippen molar-refractivity contribution in [2.75, 3.05) is 0 Å². The van der Waals surface area contributed by atoms with E-state index >= 15 is 0 Å². The molecule has 2 heterocycles. The second-order valence-electron chi connectivity index (χ2n) is 3.79. The maximum Gasteiger partial charge on any atom is 0.198 e. The van der Waals surface area contributed by atoms with Crippen LogP contribution in [0.3, 0.4) is 0 Å². The van der Waals surface area contributed by atoms with E-state index in [0.717, 1.165) is 6.07 Å². The van der Waals surface area contributed by atoms with Gasteiger partial charge in [-0.1, -0.05) is 0 Å². The summed E-state index contributed by atoms with van der Waals surface area (Å²) in [4.78, 5) is 14.7. The lowest BCUT2D eigenvalue weighted by atomic mass is 10.1. The van der Waals surface area contributed by atoms with Crippen LogP contribution in [0.5, 0.6) is 0 Å². The molecule has 6 heteroatoms. The molecule has 3 rings (SSSR count). The third-order valence-electron chi connectivity index (χ3n) is 2.61. The van der Waals surface area contributed by atoms with E-state index in [4.69, 9.17) is 0 Å². The second kappa shape index (κ2) is 4.56. The van der Waals surface area contributed by atoms with Crippen LogP contribution in [0, 0.1) is 18.0 Å². The molecule has 3 aromatic rings. The smallest absolute Gasteiger partial charge is 0.198 e. The maximum absolute atomic E-state index is 13.8. The Balaban J connectivity index is 2.21. The molecule has 0 aliphatic heterocycles. The summed E-state index contributed by atoms with van der Waals surface area (Å²) in [5.41, 5.74) is 1.00. The molecule has 0 fully saturated rings. The molecule has 0 saturated heterocycles. The number of rotatable bonds is 2. The topological polar surface area (TPSA) is 54.5 Å². The van der Waals surface area contributed by atoms with Crippen molar-refractivity contribution in [2.45, 2.75) is 0 Å². The highest BCUT2D eigenvalue weighted by Gasteiger charge is 2.15. The van der Waals surface area contributed by atoms with Crippen LogP contribution < -0.4 is 0 Å². The largest absolute Gasteiger partial charge is 0.345 e. The van der Waals surface area contributed by atoms with Gasteiger partial charge < -0.3 is 4.98 Å². The third kappa shape index (κ3) is 2.08. The Bertz CT molecular complexity index is 710. The lowest BCUT2D eigenvalue weighted by molar-refractivity contribution is 0.585. The molecule has 0 aliphatic carbocycles. The molecule has 0 spiro atoms. The molecule has 0 amide bonds. The highest BCUT2D eigenvalue weighted by Crippen LogP contribution is 2.29. The van der Waals surface area contributed by atoms with Gasteiger partial charge in [0.15, 0.2) is 6.33 Å². The van der Waals surface area contributed by atoms with E-state index in [9.17, 15) is 8.78 Å². The van der Waals surface area contributed by atoms with Crippen molar-refractivity contribution in [2.24, 2.45) is 0 Å². The van der Waals surface area contributed by atoms with E-state index in [1.165, 1.54) is 18.3 Å². The number of aromatic nitrogens is 4. The molecule has 1 radical (unpaired) electrons. The van der Waals surface area contributed by atoms with Gasteiger partial charge >= 0.3 is 0 Å². The average molecular weight is 257 g/mol. The van der Waals surface area contributed by atoms with E-state index in [0.29, 0.717) is 17.1 Å². The fraction of sp³-hybridized carbons (Fsp3) is 0. The standard InChI is InChI=1S/C13H7F2N4/c14-8-1-2-9(11(15)5-8)12-10(6-16-7-19-12)13-17-3-4-18-13/h1-6H,(H,17,18). The lowest BCUT2D eigenvalue weighted by Gasteiger charge is -2.06. The number of aromatic amines is 1. The molecule has 4 nitrogen and oxygen atoms in total. The van der Waals surface area contributed by atoms with Gasteiger partial charge in [0.1, 0.15) is 17.5 Å². The van der Waals surface area contributed by atoms with Crippen LogP contribution in [0.15, 0.2) is 36.8 Å². The monoisotopic (exact) mass is 257 g/mol. The second-order valence-corrected chi connectivity index (χ2v) is 3.79. The lowest BCUT2D eigenvalue weighted by Crippen LogP contribution is -1.95. The maximum atomic E-state index is 13.8. The first-order valence-corrected chi connectivity index (χ1v) is 5.44. The summed E-state index contributed by atoms with van der Waals surface area (Å²) >= 11 is 0. The quantitative estimate of drug-likeness (QED) is 0.767. The average Bonchev–Trinajstić information content (AvgIpc) is 2.93. The molecular formula is C13H7F2N4. The Morgan fingerprint density at radius 2 is 2.05 bits per heavy atom. The van der Waals surface area contributed by atoms with Crippen molar-refractivity contribution >= 4 is 0 Å². The van der Waals surface area contributed by atoms with Gasteiger partial charge in [-0.25, -0.2) is 23.7 Å². The van der Waals surface area contributed by atoms with Crippen molar-refractivity contribution in [3.8, 4) is 22.6 Å². The van der Waals surface area contributed by atoms with Crippen molar-refractivity contribution in [3.05, 3.63) is 54.8 Å². The highest BCUT2D eigenvalue weighted by atomic mass is 19.1. The van der Waals surface area contributed by atoms with Crippen LogP contribution in [0.2, 0.25) is 0 Å². The Morgan fingerprint density at radius 3 is 2.79 bits per heavy atom. The van der Waals surface area contributed by atoms with Crippen LogP contribution in [0.25, 0.3) is 22.6 Å². The van der Waals surface area contributed by atoms with Crippen molar-refractivity contribution in [1.82, 2.24) is 19.9 Å². The van der Waals surface area contributed by atoms with Gasteiger partial charge in [-0.05, 0) is 12.1 Å². The van der Waals surface area contributed by atoms with Crippen LogP contribution in [-0.4, -0.2) is 19.9 Å². The number of benzene rings is 1. The van der Waals surface area contributed by atoms with Crippen molar-refractivity contribution < 1.29 is 8.78 Å². The molecule has 1 N–H and O–H groups in total. The van der Waals surface area contributed by atoms with E-state index in [1.807, 2.05) is 0 Å². The summed E-state index contributed by atoms with van der Waals surface area (Å²) in [6, 6.07) is 3.31. The molecule has 0 atom stereocenters. The summed E-state index contributed by atoms with van der Waals surface area (Å²) in [5.74, 6) is -0.827. The van der Waals surface area contributed by atoms with Crippen LogP contribution >= 0.6 is 0 Å². The van der Waals surface area contributed by atoms with Crippen LogP contribution in [0.4, 0.5) is 8.78 Å². The Kier molecular flexibility index (Phi) is 2.75. The molecule has 2 aromatic heterocycles. The Hall–Kier alpha value is -2.63. The van der Waals surface area contributed by atoms with Crippen molar-refractivity contribution in [1.29, 1.82) is 0 Å². The minimum Gasteiger partial charge on any atom is -0.345 e. The van der Waals surface area contributed by atoms with Gasteiger partial charge in [-0.2, -0.15) is 0 Å². The van der Waals surface area contributed by atoms with Crippen LogP contribution in [0.1, 0.15) is 0 Å². The molecule has 1 aromatic carbocycles. The minimum atomic E-state index is -0.695. The molecular weight excluding hydrogens is 250 g/mol. The number of halogens is 2. The third-order valence-corrected chi connectivity index (χ3v) is 2.61. The zero-order chi connectivity index (χ0) is 13.2. The first kappa shape index (κ1) is 11.5. The predicted molar refractivity (Wildman–Crippen MR) is 63.8 cm³/mol. The van der Waals surface area contributed by atoms with Gasteiger partial charge in [0, 0.05) is 30.2 Å². The molecule has 0 bridgehead atoms. The number of nitrogens with one attached hydrogen (secondary N) is 1. The Labute approximate surface area is 107 Å². The highest BCUT2D eigenvalue weighted by molar-refractivity contribution is 5.76. The first-order valence-electron chi connectivity index (χ1n) is 5.44. The zero-order valence-corrected chi connectivity index (χ0v) is 9.56. The number of imidazole rings is 1. The van der Waals surface area contributed by atoms with E-state index in [-0.39, 0.29) is 5.56 Å². The summed E-state index contributed by atoms with van der Waals surface area (Å²) < 4.78 is 26.8. The van der Waals surface area contributed by atoms with E-state index in [1.54, 1.807) is 12.4 Å². The molecule has 93 valence electrons. The fourth-order valence-corrected chi connectivity index (χ4v) is 1.77. The summed E-state index contributed by atoms with van der Waals surface area (Å²) in [6.45, 7) is 0.